The SMILES string of the molecule is CC(N)c1cc(Cl)ccc1OCC(C)(O)c1ccccc1. The van der Waals surface area contributed by atoms with Crippen LogP contribution in [0.3, 0.4) is 0 Å². The van der Waals surface area contributed by atoms with Crippen molar-refractivity contribution in [3.63, 3.8) is 0 Å². The number of halogens is 1. The minimum absolute atomic E-state index is 0.137. The molecule has 0 aliphatic heterocycles. The van der Waals surface area contributed by atoms with Crippen LogP contribution in [0.15, 0.2) is 48.5 Å². The Bertz CT molecular complexity index is 597. The third kappa shape index (κ3) is 3.97. The molecule has 2 aromatic carbocycles. The summed E-state index contributed by atoms with van der Waals surface area (Å²) in [7, 11) is 0. The van der Waals surface area contributed by atoms with Gasteiger partial charge in [0.05, 0.1) is 0 Å². The Morgan fingerprint density at radius 2 is 1.90 bits per heavy atom. The maximum Gasteiger partial charge on any atom is 0.124 e. The lowest BCUT2D eigenvalue weighted by Crippen LogP contribution is -2.29. The first-order chi connectivity index (χ1) is 9.90. The van der Waals surface area contributed by atoms with Crippen LogP contribution in [0.25, 0.3) is 0 Å². The van der Waals surface area contributed by atoms with Crippen molar-refractivity contribution in [3.8, 4) is 5.75 Å². The van der Waals surface area contributed by atoms with Crippen molar-refractivity contribution in [1.29, 1.82) is 0 Å². The summed E-state index contributed by atoms with van der Waals surface area (Å²) >= 11 is 5.99. The predicted octanol–water partition coefficient (Wildman–Crippen LogP) is 3.65. The highest BCUT2D eigenvalue weighted by molar-refractivity contribution is 6.30. The fourth-order valence-corrected chi connectivity index (χ4v) is 2.29. The van der Waals surface area contributed by atoms with E-state index in [0.29, 0.717) is 10.8 Å². The van der Waals surface area contributed by atoms with Crippen LogP contribution in [0.1, 0.15) is 31.0 Å². The summed E-state index contributed by atoms with van der Waals surface area (Å²) < 4.78 is 5.78. The number of aliphatic hydroxyl groups is 1. The van der Waals surface area contributed by atoms with E-state index in [4.69, 9.17) is 22.1 Å². The van der Waals surface area contributed by atoms with E-state index in [-0.39, 0.29) is 12.6 Å². The normalized spacial score (nSPS) is 15.3. The molecule has 0 aliphatic rings. The second-order valence-electron chi connectivity index (χ2n) is 5.40. The molecular formula is C17H20ClNO2. The molecular weight excluding hydrogens is 286 g/mol. The van der Waals surface area contributed by atoms with Gasteiger partial charge < -0.3 is 15.6 Å². The Morgan fingerprint density at radius 1 is 1.24 bits per heavy atom. The lowest BCUT2D eigenvalue weighted by atomic mass is 9.97. The molecule has 21 heavy (non-hydrogen) atoms. The molecule has 0 aliphatic carbocycles. The van der Waals surface area contributed by atoms with Gasteiger partial charge in [-0.15, -0.1) is 0 Å². The molecule has 0 bridgehead atoms. The minimum atomic E-state index is -1.07. The first kappa shape index (κ1) is 15.8. The Labute approximate surface area is 130 Å². The minimum Gasteiger partial charge on any atom is -0.490 e. The summed E-state index contributed by atoms with van der Waals surface area (Å²) in [5.41, 5.74) is 6.49. The van der Waals surface area contributed by atoms with Gasteiger partial charge in [-0.2, -0.15) is 0 Å². The zero-order valence-corrected chi connectivity index (χ0v) is 13.0. The molecule has 3 nitrogen and oxygen atoms in total. The Balaban J connectivity index is 2.16. The number of nitrogens with two attached hydrogens (primary N) is 1. The van der Waals surface area contributed by atoms with E-state index in [1.54, 1.807) is 25.1 Å². The fourth-order valence-electron chi connectivity index (χ4n) is 2.11. The number of ether oxygens (including phenoxy) is 1. The highest BCUT2D eigenvalue weighted by Crippen LogP contribution is 2.29. The van der Waals surface area contributed by atoms with Crippen LogP contribution in [-0.4, -0.2) is 11.7 Å². The molecule has 0 spiro atoms. The Hall–Kier alpha value is -1.55. The van der Waals surface area contributed by atoms with Crippen LogP contribution in [0.2, 0.25) is 5.02 Å². The van der Waals surface area contributed by atoms with Crippen LogP contribution >= 0.6 is 11.6 Å². The van der Waals surface area contributed by atoms with Crippen molar-refractivity contribution in [1.82, 2.24) is 0 Å². The molecule has 3 N–H and O–H groups in total. The van der Waals surface area contributed by atoms with Crippen molar-refractivity contribution in [2.24, 2.45) is 5.73 Å². The number of rotatable bonds is 5. The van der Waals surface area contributed by atoms with Crippen LogP contribution in [0.5, 0.6) is 5.75 Å². The average molecular weight is 306 g/mol. The van der Waals surface area contributed by atoms with E-state index in [9.17, 15) is 5.11 Å². The quantitative estimate of drug-likeness (QED) is 0.886. The van der Waals surface area contributed by atoms with Crippen molar-refractivity contribution < 1.29 is 9.84 Å². The smallest absolute Gasteiger partial charge is 0.124 e. The van der Waals surface area contributed by atoms with Gasteiger partial charge in [0, 0.05) is 16.6 Å². The zero-order valence-electron chi connectivity index (χ0n) is 12.2. The second kappa shape index (κ2) is 6.48. The standard InChI is InChI=1S/C17H20ClNO2/c1-12(19)15-10-14(18)8-9-16(15)21-11-17(2,20)13-6-4-3-5-7-13/h3-10,12,20H,11,19H2,1-2H3. The third-order valence-electron chi connectivity index (χ3n) is 3.37. The van der Waals surface area contributed by atoms with Gasteiger partial charge in [-0.05, 0) is 37.6 Å². The lowest BCUT2D eigenvalue weighted by Gasteiger charge is -2.25. The maximum atomic E-state index is 10.5. The molecule has 2 aromatic rings. The largest absolute Gasteiger partial charge is 0.490 e. The first-order valence-corrected chi connectivity index (χ1v) is 7.23. The van der Waals surface area contributed by atoms with Gasteiger partial charge in [0.2, 0.25) is 0 Å². The maximum absolute atomic E-state index is 10.5. The van der Waals surface area contributed by atoms with Crippen LogP contribution in [0.4, 0.5) is 0 Å². The lowest BCUT2D eigenvalue weighted by molar-refractivity contribution is 0.00722. The Kier molecular flexibility index (Phi) is 4.88. The molecule has 2 rings (SSSR count). The van der Waals surface area contributed by atoms with Gasteiger partial charge in [0.25, 0.3) is 0 Å². The van der Waals surface area contributed by atoms with Crippen LogP contribution in [-0.2, 0) is 5.60 Å². The fraction of sp³-hybridized carbons (Fsp3) is 0.294. The molecule has 0 radical (unpaired) electrons. The van der Waals surface area contributed by atoms with E-state index < -0.39 is 5.60 Å². The topological polar surface area (TPSA) is 55.5 Å². The number of hydrogen-bond donors (Lipinski definition) is 2. The molecule has 2 unspecified atom stereocenters. The monoisotopic (exact) mass is 305 g/mol. The van der Waals surface area contributed by atoms with Gasteiger partial charge in [0.15, 0.2) is 0 Å². The highest BCUT2D eigenvalue weighted by atomic mass is 35.5. The average Bonchev–Trinajstić information content (AvgIpc) is 2.47. The van der Waals surface area contributed by atoms with Crippen molar-refractivity contribution in [2.45, 2.75) is 25.5 Å². The van der Waals surface area contributed by atoms with Gasteiger partial charge in [-0.1, -0.05) is 41.9 Å². The highest BCUT2D eigenvalue weighted by Gasteiger charge is 2.24. The molecule has 2 atom stereocenters. The molecule has 0 heterocycles. The predicted molar refractivity (Wildman–Crippen MR) is 85.6 cm³/mol. The number of benzene rings is 2. The van der Waals surface area contributed by atoms with Gasteiger partial charge >= 0.3 is 0 Å². The van der Waals surface area contributed by atoms with Crippen molar-refractivity contribution in [3.05, 3.63) is 64.7 Å². The molecule has 0 saturated carbocycles. The summed E-state index contributed by atoms with van der Waals surface area (Å²) in [4.78, 5) is 0. The van der Waals surface area contributed by atoms with Crippen LogP contribution < -0.4 is 10.5 Å². The van der Waals surface area contributed by atoms with E-state index in [1.807, 2.05) is 37.3 Å². The van der Waals surface area contributed by atoms with Crippen molar-refractivity contribution >= 4 is 11.6 Å². The second-order valence-corrected chi connectivity index (χ2v) is 5.84. The van der Waals surface area contributed by atoms with E-state index in [2.05, 4.69) is 0 Å². The first-order valence-electron chi connectivity index (χ1n) is 6.86. The Morgan fingerprint density at radius 3 is 2.52 bits per heavy atom. The molecule has 0 aromatic heterocycles. The number of hydrogen-bond acceptors (Lipinski definition) is 3. The van der Waals surface area contributed by atoms with E-state index >= 15 is 0 Å². The third-order valence-corrected chi connectivity index (χ3v) is 3.60. The molecule has 0 amide bonds. The van der Waals surface area contributed by atoms with Gasteiger partial charge in [-0.25, -0.2) is 0 Å². The summed E-state index contributed by atoms with van der Waals surface area (Å²) in [6.07, 6.45) is 0. The summed E-state index contributed by atoms with van der Waals surface area (Å²) in [5.74, 6) is 0.644. The summed E-state index contributed by atoms with van der Waals surface area (Å²) in [5, 5.41) is 11.2. The van der Waals surface area contributed by atoms with Crippen LogP contribution in [0, 0.1) is 0 Å². The molecule has 4 heteroatoms. The molecule has 0 saturated heterocycles. The van der Waals surface area contributed by atoms with Gasteiger partial charge in [-0.3, -0.25) is 0 Å². The van der Waals surface area contributed by atoms with Gasteiger partial charge in [0.1, 0.15) is 18.0 Å². The van der Waals surface area contributed by atoms with E-state index in [1.165, 1.54) is 0 Å². The van der Waals surface area contributed by atoms with Crippen molar-refractivity contribution in [2.75, 3.05) is 6.61 Å². The molecule has 0 fully saturated rings. The summed E-state index contributed by atoms with van der Waals surface area (Å²) in [6, 6.07) is 14.6. The summed E-state index contributed by atoms with van der Waals surface area (Å²) in [6.45, 7) is 3.73. The molecule has 112 valence electrons. The zero-order chi connectivity index (χ0) is 15.5. The van der Waals surface area contributed by atoms with E-state index in [0.717, 1.165) is 11.1 Å².